The second-order valence-corrected chi connectivity index (χ2v) is 8.31. The van der Waals surface area contributed by atoms with Gasteiger partial charge in [0.1, 0.15) is 21.8 Å². The third-order valence-corrected chi connectivity index (χ3v) is 4.88. The smallest absolute Gasteiger partial charge is 0.150 e. The normalized spacial score (nSPS) is 13.3. The first-order chi connectivity index (χ1) is 11.3. The second-order valence-electron chi connectivity index (χ2n) is 5.69. The fourth-order valence-corrected chi connectivity index (χ4v) is 3.67. The standard InChI is InChI=1S/C17H15ClFNO3S/c1-24(22,23)9-15(21)17-16(11-4-2-3-5-13(11)19)12-8-10(18)6-7-14(12)20-17/h2-8,15,20-21H,9H2,1H3. The maximum atomic E-state index is 14.3. The molecule has 0 saturated heterocycles. The Morgan fingerprint density at radius 1 is 1.25 bits per heavy atom. The fraction of sp³-hybridized carbons (Fsp3) is 0.176. The van der Waals surface area contributed by atoms with Crippen LogP contribution in [0.1, 0.15) is 11.8 Å². The van der Waals surface area contributed by atoms with E-state index in [-0.39, 0.29) is 11.3 Å². The summed E-state index contributed by atoms with van der Waals surface area (Å²) in [6.45, 7) is 0. The van der Waals surface area contributed by atoms with Gasteiger partial charge in [0.05, 0.1) is 11.4 Å². The molecule has 4 nitrogen and oxygen atoms in total. The predicted molar refractivity (Wildman–Crippen MR) is 93.4 cm³/mol. The number of nitrogens with one attached hydrogen (secondary N) is 1. The molecule has 3 rings (SSSR count). The SMILES string of the molecule is CS(=O)(=O)CC(O)c1[nH]c2ccc(Cl)cc2c1-c1ccccc1F. The molecule has 0 radical (unpaired) electrons. The third kappa shape index (κ3) is 3.31. The van der Waals surface area contributed by atoms with Gasteiger partial charge in [-0.05, 0) is 24.3 Å². The Labute approximate surface area is 143 Å². The average molecular weight is 368 g/mol. The van der Waals surface area contributed by atoms with Crippen molar-refractivity contribution in [3.63, 3.8) is 0 Å². The van der Waals surface area contributed by atoms with Crippen molar-refractivity contribution in [2.24, 2.45) is 0 Å². The summed E-state index contributed by atoms with van der Waals surface area (Å²) < 4.78 is 37.4. The molecule has 2 N–H and O–H groups in total. The van der Waals surface area contributed by atoms with Crippen molar-refractivity contribution in [3.05, 3.63) is 59.0 Å². The van der Waals surface area contributed by atoms with Crippen molar-refractivity contribution in [1.29, 1.82) is 0 Å². The predicted octanol–water partition coefficient (Wildman–Crippen LogP) is 3.71. The van der Waals surface area contributed by atoms with Crippen LogP contribution in [0.3, 0.4) is 0 Å². The Balaban J connectivity index is 2.29. The molecule has 0 fully saturated rings. The van der Waals surface area contributed by atoms with E-state index in [1.807, 2.05) is 0 Å². The molecule has 1 atom stereocenters. The Hall–Kier alpha value is -1.89. The lowest BCUT2D eigenvalue weighted by Gasteiger charge is -2.12. The Morgan fingerprint density at radius 3 is 2.62 bits per heavy atom. The molecule has 1 aromatic heterocycles. The zero-order valence-electron chi connectivity index (χ0n) is 12.8. The first kappa shape index (κ1) is 17.0. The summed E-state index contributed by atoms with van der Waals surface area (Å²) in [5.74, 6) is -0.930. The monoisotopic (exact) mass is 367 g/mol. The van der Waals surface area contributed by atoms with Crippen molar-refractivity contribution < 1.29 is 17.9 Å². The second kappa shape index (κ2) is 6.20. The molecule has 1 heterocycles. The number of H-pyrrole nitrogens is 1. The van der Waals surface area contributed by atoms with Crippen LogP contribution in [-0.4, -0.2) is 30.5 Å². The number of fused-ring (bicyclic) bond motifs is 1. The van der Waals surface area contributed by atoms with Crippen molar-refractivity contribution in [2.45, 2.75) is 6.10 Å². The lowest BCUT2D eigenvalue weighted by Crippen LogP contribution is -2.13. The van der Waals surface area contributed by atoms with E-state index in [2.05, 4.69) is 4.98 Å². The van der Waals surface area contributed by atoms with Gasteiger partial charge >= 0.3 is 0 Å². The number of aromatic amines is 1. The molecule has 1 unspecified atom stereocenters. The lowest BCUT2D eigenvalue weighted by atomic mass is 9.99. The van der Waals surface area contributed by atoms with E-state index in [9.17, 15) is 17.9 Å². The molecule has 0 aliphatic carbocycles. The fourth-order valence-electron chi connectivity index (χ4n) is 2.76. The number of halogens is 2. The van der Waals surface area contributed by atoms with Gasteiger partial charge in [-0.25, -0.2) is 12.8 Å². The summed E-state index contributed by atoms with van der Waals surface area (Å²) in [4.78, 5) is 3.00. The summed E-state index contributed by atoms with van der Waals surface area (Å²) in [6, 6.07) is 11.2. The van der Waals surface area contributed by atoms with Gasteiger partial charge < -0.3 is 10.1 Å². The van der Waals surface area contributed by atoms with E-state index in [1.165, 1.54) is 6.07 Å². The van der Waals surface area contributed by atoms with Crippen LogP contribution in [0.2, 0.25) is 5.02 Å². The number of aliphatic hydroxyl groups excluding tert-OH is 1. The highest BCUT2D eigenvalue weighted by Gasteiger charge is 2.24. The van der Waals surface area contributed by atoms with Crippen LogP contribution in [0, 0.1) is 5.82 Å². The average Bonchev–Trinajstić information content (AvgIpc) is 2.84. The quantitative estimate of drug-likeness (QED) is 0.738. The van der Waals surface area contributed by atoms with Crippen LogP contribution in [0.5, 0.6) is 0 Å². The Kier molecular flexibility index (Phi) is 4.38. The van der Waals surface area contributed by atoms with E-state index >= 15 is 0 Å². The minimum absolute atomic E-state index is 0.253. The zero-order chi connectivity index (χ0) is 17.5. The molecule has 126 valence electrons. The molecule has 0 amide bonds. The zero-order valence-corrected chi connectivity index (χ0v) is 14.3. The first-order valence-corrected chi connectivity index (χ1v) is 9.62. The van der Waals surface area contributed by atoms with E-state index in [0.717, 1.165) is 6.26 Å². The molecular weight excluding hydrogens is 353 g/mol. The van der Waals surface area contributed by atoms with E-state index in [4.69, 9.17) is 11.6 Å². The van der Waals surface area contributed by atoms with Crippen molar-refractivity contribution >= 4 is 32.3 Å². The van der Waals surface area contributed by atoms with Crippen LogP contribution < -0.4 is 0 Å². The topological polar surface area (TPSA) is 70.2 Å². The van der Waals surface area contributed by atoms with Gasteiger partial charge in [0.2, 0.25) is 0 Å². The van der Waals surface area contributed by atoms with Crippen LogP contribution in [0.25, 0.3) is 22.0 Å². The van der Waals surface area contributed by atoms with Gasteiger partial charge in [0.25, 0.3) is 0 Å². The molecule has 2 aromatic carbocycles. The summed E-state index contributed by atoms with van der Waals surface area (Å²) >= 11 is 6.05. The maximum Gasteiger partial charge on any atom is 0.150 e. The molecule has 0 spiro atoms. The van der Waals surface area contributed by atoms with Gasteiger partial charge in [0, 0.05) is 33.3 Å². The molecule has 0 bridgehead atoms. The molecule has 0 aliphatic rings. The van der Waals surface area contributed by atoms with Gasteiger partial charge in [0.15, 0.2) is 0 Å². The number of benzene rings is 2. The summed E-state index contributed by atoms with van der Waals surface area (Å²) in [5.41, 5.74) is 1.58. The maximum absolute atomic E-state index is 14.3. The number of hydrogen-bond donors (Lipinski definition) is 2. The van der Waals surface area contributed by atoms with Crippen LogP contribution >= 0.6 is 11.6 Å². The Morgan fingerprint density at radius 2 is 1.96 bits per heavy atom. The number of hydrogen-bond acceptors (Lipinski definition) is 3. The van der Waals surface area contributed by atoms with E-state index < -0.39 is 27.5 Å². The van der Waals surface area contributed by atoms with Crippen molar-refractivity contribution in [1.82, 2.24) is 4.98 Å². The molecule has 24 heavy (non-hydrogen) atoms. The minimum atomic E-state index is -3.42. The number of rotatable bonds is 4. The summed E-state index contributed by atoms with van der Waals surface area (Å²) in [6.07, 6.45) is -0.265. The number of sulfone groups is 1. The van der Waals surface area contributed by atoms with Gasteiger partial charge in [-0.15, -0.1) is 0 Å². The van der Waals surface area contributed by atoms with Gasteiger partial charge in [-0.2, -0.15) is 0 Å². The molecule has 0 saturated carbocycles. The van der Waals surface area contributed by atoms with Crippen molar-refractivity contribution in [2.75, 3.05) is 12.0 Å². The van der Waals surface area contributed by atoms with Gasteiger partial charge in [-0.1, -0.05) is 29.8 Å². The summed E-state index contributed by atoms with van der Waals surface area (Å²) in [7, 11) is -3.42. The third-order valence-electron chi connectivity index (χ3n) is 3.73. The highest BCUT2D eigenvalue weighted by Crippen LogP contribution is 2.38. The Bertz CT molecular complexity index is 1010. The molecule has 3 aromatic rings. The summed E-state index contributed by atoms with van der Waals surface area (Å²) in [5, 5.41) is 11.5. The number of aromatic nitrogens is 1. The molecule has 7 heteroatoms. The van der Waals surface area contributed by atoms with Gasteiger partial charge in [-0.3, -0.25) is 0 Å². The van der Waals surface area contributed by atoms with Crippen LogP contribution in [0.15, 0.2) is 42.5 Å². The highest BCUT2D eigenvalue weighted by molar-refractivity contribution is 7.90. The number of aliphatic hydroxyl groups is 1. The van der Waals surface area contributed by atoms with Crippen LogP contribution in [0.4, 0.5) is 4.39 Å². The van der Waals surface area contributed by atoms with E-state index in [1.54, 1.807) is 36.4 Å². The van der Waals surface area contributed by atoms with Crippen LogP contribution in [-0.2, 0) is 9.84 Å². The van der Waals surface area contributed by atoms with Crippen molar-refractivity contribution in [3.8, 4) is 11.1 Å². The first-order valence-electron chi connectivity index (χ1n) is 7.18. The lowest BCUT2D eigenvalue weighted by molar-refractivity contribution is 0.198. The minimum Gasteiger partial charge on any atom is -0.386 e. The van der Waals surface area contributed by atoms with E-state index in [0.29, 0.717) is 21.5 Å². The molecular formula is C17H15ClFNO3S. The highest BCUT2D eigenvalue weighted by atomic mass is 35.5. The molecule has 0 aliphatic heterocycles. The largest absolute Gasteiger partial charge is 0.386 e.